The average Bonchev–Trinajstić information content (AvgIpc) is 2.91. The molecule has 1 aromatic heterocycles. The molecule has 0 bridgehead atoms. The topological polar surface area (TPSA) is 52.9 Å². The van der Waals surface area contributed by atoms with E-state index < -0.39 is 0 Å². The molecule has 2 rings (SSSR count). The summed E-state index contributed by atoms with van der Waals surface area (Å²) in [6.45, 7) is 2.48. The summed E-state index contributed by atoms with van der Waals surface area (Å²) in [5.74, 6) is -0.318. The van der Waals surface area contributed by atoms with Crippen molar-refractivity contribution in [3.8, 4) is 6.07 Å². The lowest BCUT2D eigenvalue weighted by Gasteiger charge is -2.04. The molecule has 3 nitrogen and oxygen atoms in total. The fraction of sp³-hybridized carbons (Fsp3) is 0.176. The Balaban J connectivity index is 1.94. The zero-order chi connectivity index (χ0) is 15.1. The summed E-state index contributed by atoms with van der Waals surface area (Å²) < 4.78 is 0. The lowest BCUT2D eigenvalue weighted by Crippen LogP contribution is -2.26. The minimum Gasteiger partial charge on any atom is -0.351 e. The number of aryl methyl sites for hydroxylation is 1. The number of thiophene rings is 1. The molecule has 0 saturated heterocycles. The van der Waals surface area contributed by atoms with E-state index in [0.29, 0.717) is 6.54 Å². The SMILES string of the molecule is Cc1ccsc1/C=C(\C#N)C(=O)NCCc1ccccc1. The molecule has 1 N–H and O–H groups in total. The normalized spacial score (nSPS) is 11.0. The summed E-state index contributed by atoms with van der Waals surface area (Å²) in [5.41, 5.74) is 2.38. The van der Waals surface area contributed by atoms with E-state index in [9.17, 15) is 4.79 Å². The first-order valence-electron chi connectivity index (χ1n) is 6.68. The van der Waals surface area contributed by atoms with E-state index in [-0.39, 0.29) is 11.5 Å². The Labute approximate surface area is 128 Å². The number of benzene rings is 1. The summed E-state index contributed by atoms with van der Waals surface area (Å²) in [5, 5.41) is 13.9. The largest absolute Gasteiger partial charge is 0.351 e. The monoisotopic (exact) mass is 296 g/mol. The highest BCUT2D eigenvalue weighted by atomic mass is 32.1. The second-order valence-corrected chi connectivity index (χ2v) is 5.58. The molecule has 0 fully saturated rings. The number of carbonyl (C=O) groups is 1. The first kappa shape index (κ1) is 15.0. The van der Waals surface area contributed by atoms with Crippen molar-refractivity contribution in [2.45, 2.75) is 13.3 Å². The van der Waals surface area contributed by atoms with Crippen molar-refractivity contribution in [1.82, 2.24) is 5.32 Å². The van der Waals surface area contributed by atoms with Crippen LogP contribution in [0.3, 0.4) is 0 Å². The van der Waals surface area contributed by atoms with E-state index in [1.165, 1.54) is 11.3 Å². The molecular weight excluding hydrogens is 280 g/mol. The van der Waals surface area contributed by atoms with E-state index >= 15 is 0 Å². The standard InChI is InChI=1S/C17H16N2OS/c1-13-8-10-21-16(13)11-15(12-18)17(20)19-9-7-14-5-3-2-4-6-14/h2-6,8,10-11H,7,9H2,1H3,(H,19,20)/b15-11+. The van der Waals surface area contributed by atoms with E-state index in [2.05, 4.69) is 5.32 Å². The Kier molecular flexibility index (Phi) is 5.30. The molecule has 1 heterocycles. The van der Waals surface area contributed by atoms with Gasteiger partial charge in [-0.25, -0.2) is 0 Å². The highest BCUT2D eigenvalue weighted by molar-refractivity contribution is 7.11. The first-order valence-corrected chi connectivity index (χ1v) is 7.56. The van der Waals surface area contributed by atoms with Crippen LogP contribution in [-0.4, -0.2) is 12.5 Å². The van der Waals surface area contributed by atoms with Gasteiger partial charge in [-0.3, -0.25) is 4.79 Å². The van der Waals surface area contributed by atoms with E-state index in [1.807, 2.05) is 54.8 Å². The highest BCUT2D eigenvalue weighted by Gasteiger charge is 2.09. The van der Waals surface area contributed by atoms with Gasteiger partial charge in [0.05, 0.1) is 0 Å². The van der Waals surface area contributed by atoms with Crippen molar-refractivity contribution < 1.29 is 4.79 Å². The summed E-state index contributed by atoms with van der Waals surface area (Å²) >= 11 is 1.52. The van der Waals surface area contributed by atoms with Gasteiger partial charge in [0.25, 0.3) is 5.91 Å². The first-order chi connectivity index (χ1) is 10.2. The third-order valence-corrected chi connectivity index (χ3v) is 4.05. The average molecular weight is 296 g/mol. The number of nitrogens with zero attached hydrogens (tertiary/aromatic N) is 1. The molecule has 106 valence electrons. The van der Waals surface area contributed by atoms with Crippen LogP contribution in [-0.2, 0) is 11.2 Å². The lowest BCUT2D eigenvalue weighted by atomic mass is 10.1. The lowest BCUT2D eigenvalue weighted by molar-refractivity contribution is -0.117. The minimum atomic E-state index is -0.318. The van der Waals surface area contributed by atoms with Crippen LogP contribution in [0.1, 0.15) is 16.0 Å². The molecule has 0 aliphatic carbocycles. The van der Waals surface area contributed by atoms with E-state index in [0.717, 1.165) is 22.4 Å². The number of hydrogen-bond acceptors (Lipinski definition) is 3. The van der Waals surface area contributed by atoms with Gasteiger partial charge in [0, 0.05) is 11.4 Å². The fourth-order valence-corrected chi connectivity index (χ4v) is 2.73. The van der Waals surface area contributed by atoms with Crippen LogP contribution in [0.15, 0.2) is 47.4 Å². The van der Waals surface area contributed by atoms with Crippen molar-refractivity contribution in [3.63, 3.8) is 0 Å². The number of rotatable bonds is 5. The van der Waals surface area contributed by atoms with Gasteiger partial charge in [0.1, 0.15) is 11.6 Å². The number of nitriles is 1. The maximum atomic E-state index is 12.0. The van der Waals surface area contributed by atoms with Gasteiger partial charge in [-0.15, -0.1) is 11.3 Å². The maximum Gasteiger partial charge on any atom is 0.261 e. The molecule has 21 heavy (non-hydrogen) atoms. The minimum absolute atomic E-state index is 0.147. The molecule has 0 atom stereocenters. The predicted octanol–water partition coefficient (Wildman–Crippen LogP) is 3.32. The number of amides is 1. The third-order valence-electron chi connectivity index (χ3n) is 3.08. The van der Waals surface area contributed by atoms with Gasteiger partial charge < -0.3 is 5.32 Å². The molecule has 0 aliphatic heterocycles. The zero-order valence-corrected chi connectivity index (χ0v) is 12.6. The second kappa shape index (κ2) is 7.41. The van der Waals surface area contributed by atoms with Crippen LogP contribution in [0.4, 0.5) is 0 Å². The Hall–Kier alpha value is -2.38. The van der Waals surface area contributed by atoms with Crippen LogP contribution in [0.2, 0.25) is 0 Å². The third kappa shape index (κ3) is 4.30. The molecule has 0 spiro atoms. The van der Waals surface area contributed by atoms with Gasteiger partial charge in [0.2, 0.25) is 0 Å². The number of nitrogens with one attached hydrogen (secondary N) is 1. The Bertz CT molecular complexity index is 680. The molecule has 0 aliphatic rings. The molecule has 2 aromatic rings. The van der Waals surface area contributed by atoms with Crippen LogP contribution in [0.5, 0.6) is 0 Å². The van der Waals surface area contributed by atoms with Gasteiger partial charge in [0.15, 0.2) is 0 Å². The van der Waals surface area contributed by atoms with Gasteiger partial charge in [-0.05, 0) is 42.0 Å². The van der Waals surface area contributed by atoms with Crippen molar-refractivity contribution in [2.75, 3.05) is 6.54 Å². The molecule has 1 aromatic carbocycles. The van der Waals surface area contributed by atoms with Crippen LogP contribution < -0.4 is 5.32 Å². The van der Waals surface area contributed by atoms with Crippen LogP contribution in [0.25, 0.3) is 6.08 Å². The molecular formula is C17H16N2OS. The predicted molar refractivity (Wildman–Crippen MR) is 85.8 cm³/mol. The Morgan fingerprint density at radius 1 is 1.33 bits per heavy atom. The molecule has 1 amide bonds. The van der Waals surface area contributed by atoms with Crippen molar-refractivity contribution >= 4 is 23.3 Å². The van der Waals surface area contributed by atoms with Crippen LogP contribution >= 0.6 is 11.3 Å². The van der Waals surface area contributed by atoms with Crippen molar-refractivity contribution in [2.24, 2.45) is 0 Å². The zero-order valence-electron chi connectivity index (χ0n) is 11.8. The maximum absolute atomic E-state index is 12.0. The Morgan fingerprint density at radius 2 is 2.10 bits per heavy atom. The van der Waals surface area contributed by atoms with E-state index in [4.69, 9.17) is 5.26 Å². The number of carbonyl (C=O) groups excluding carboxylic acids is 1. The second-order valence-electron chi connectivity index (χ2n) is 4.63. The fourth-order valence-electron chi connectivity index (χ4n) is 1.87. The van der Waals surface area contributed by atoms with Gasteiger partial charge >= 0.3 is 0 Å². The van der Waals surface area contributed by atoms with Crippen molar-refractivity contribution in [1.29, 1.82) is 5.26 Å². The molecule has 4 heteroatoms. The van der Waals surface area contributed by atoms with Gasteiger partial charge in [-0.1, -0.05) is 30.3 Å². The molecule has 0 unspecified atom stereocenters. The number of hydrogen-bond donors (Lipinski definition) is 1. The highest BCUT2D eigenvalue weighted by Crippen LogP contribution is 2.18. The summed E-state index contributed by atoms with van der Waals surface area (Å²) in [6, 6.07) is 13.9. The van der Waals surface area contributed by atoms with Crippen LogP contribution in [0, 0.1) is 18.3 Å². The quantitative estimate of drug-likeness (QED) is 0.679. The summed E-state index contributed by atoms with van der Waals surface area (Å²) in [7, 11) is 0. The summed E-state index contributed by atoms with van der Waals surface area (Å²) in [4.78, 5) is 13.0. The van der Waals surface area contributed by atoms with Crippen molar-refractivity contribution in [3.05, 3.63) is 63.4 Å². The summed E-state index contributed by atoms with van der Waals surface area (Å²) in [6.07, 6.45) is 2.40. The van der Waals surface area contributed by atoms with E-state index in [1.54, 1.807) is 6.08 Å². The molecule has 0 radical (unpaired) electrons. The Morgan fingerprint density at radius 3 is 2.71 bits per heavy atom. The smallest absolute Gasteiger partial charge is 0.261 e. The van der Waals surface area contributed by atoms with Gasteiger partial charge in [-0.2, -0.15) is 5.26 Å². The molecule has 0 saturated carbocycles.